The van der Waals surface area contributed by atoms with Crippen molar-refractivity contribution < 1.29 is 0 Å². The van der Waals surface area contributed by atoms with Crippen LogP contribution in [-0.4, -0.2) is 0 Å². The van der Waals surface area contributed by atoms with Gasteiger partial charge in [-0.15, -0.1) is 0 Å². The molecular weight excluding hydrogens is 581 g/mol. The zero-order valence-electron chi connectivity index (χ0n) is 28.8. The SMILES string of the molecule is CC1=CC2(c3ccccc3-c3c(-c4ccc(C#N)cc4)cc(N(c4ccccc4)c4ccc(C(C)(C)C)cc4)cc32)C2CC(C)CC1C2. The molecule has 0 aromatic heterocycles. The standard InChI is InChI=1S/C46H44N2/c1-30-23-34-25-36(24-30)46(28-31(34)2)42-14-10-9-13-40(42)44-41(33-17-15-32(29-47)16-18-33)26-39(27-43(44)46)48(37-11-7-6-8-12-37)38-21-19-35(20-22-38)45(3,4)5/h6-22,26-28,30,34,36H,23-25H2,1-5H3. The lowest BCUT2D eigenvalue weighted by molar-refractivity contribution is 0.168. The Morgan fingerprint density at radius 1 is 0.708 bits per heavy atom. The normalized spacial score (nSPS) is 22.4. The van der Waals surface area contributed by atoms with Crippen molar-refractivity contribution in [1.29, 1.82) is 5.26 Å². The highest BCUT2D eigenvalue weighted by Crippen LogP contribution is 2.63. The van der Waals surface area contributed by atoms with Crippen LogP contribution >= 0.6 is 0 Å². The lowest BCUT2D eigenvalue weighted by Crippen LogP contribution is -2.42. The Morgan fingerprint density at radius 3 is 2.10 bits per heavy atom. The highest BCUT2D eigenvalue weighted by molar-refractivity contribution is 5.97. The van der Waals surface area contributed by atoms with Crippen molar-refractivity contribution in [3.63, 3.8) is 0 Å². The second-order valence-corrected chi connectivity index (χ2v) is 15.6. The van der Waals surface area contributed by atoms with Crippen molar-refractivity contribution in [2.45, 2.75) is 64.7 Å². The van der Waals surface area contributed by atoms with Gasteiger partial charge >= 0.3 is 0 Å². The third-order valence-electron chi connectivity index (χ3n) is 11.5. The van der Waals surface area contributed by atoms with E-state index in [1.54, 1.807) is 5.57 Å². The van der Waals surface area contributed by atoms with Gasteiger partial charge in [0.2, 0.25) is 0 Å². The molecule has 5 aromatic rings. The highest BCUT2D eigenvalue weighted by atomic mass is 15.1. The van der Waals surface area contributed by atoms with Crippen molar-refractivity contribution >= 4 is 17.1 Å². The zero-order chi connectivity index (χ0) is 33.2. The molecular formula is C46H44N2. The Hall–Kier alpha value is -4.87. The van der Waals surface area contributed by atoms with E-state index in [1.807, 2.05) is 12.1 Å². The summed E-state index contributed by atoms with van der Waals surface area (Å²) in [6.07, 6.45) is 6.46. The molecule has 1 saturated carbocycles. The predicted octanol–water partition coefficient (Wildman–Crippen LogP) is 12.3. The smallest absolute Gasteiger partial charge is 0.0991 e. The molecule has 3 aliphatic rings. The average molecular weight is 625 g/mol. The summed E-state index contributed by atoms with van der Waals surface area (Å²) in [4.78, 5) is 2.43. The van der Waals surface area contributed by atoms with Gasteiger partial charge in [0.15, 0.2) is 0 Å². The molecule has 5 aromatic carbocycles. The van der Waals surface area contributed by atoms with Crippen LogP contribution in [0.15, 0.2) is 127 Å². The van der Waals surface area contributed by atoms with E-state index in [0.29, 0.717) is 23.3 Å². The topological polar surface area (TPSA) is 27.0 Å². The lowest BCUT2D eigenvalue weighted by Gasteiger charge is -2.49. The van der Waals surface area contributed by atoms with E-state index < -0.39 is 0 Å². The molecule has 3 aliphatic carbocycles. The van der Waals surface area contributed by atoms with Crippen LogP contribution in [0.2, 0.25) is 0 Å². The van der Waals surface area contributed by atoms with Crippen LogP contribution < -0.4 is 4.90 Å². The third-order valence-corrected chi connectivity index (χ3v) is 11.5. The first-order valence-electron chi connectivity index (χ1n) is 17.6. The Morgan fingerprint density at radius 2 is 1.40 bits per heavy atom. The van der Waals surface area contributed by atoms with Gasteiger partial charge in [-0.05, 0) is 137 Å². The predicted molar refractivity (Wildman–Crippen MR) is 200 cm³/mol. The Bertz CT molecular complexity index is 2070. The van der Waals surface area contributed by atoms with Crippen molar-refractivity contribution in [2.75, 3.05) is 4.90 Å². The molecule has 0 N–H and O–H groups in total. The first kappa shape index (κ1) is 30.5. The minimum atomic E-state index is -0.184. The second kappa shape index (κ2) is 11.4. The number of hydrogen-bond donors (Lipinski definition) is 0. The number of hydrogen-bond acceptors (Lipinski definition) is 2. The summed E-state index contributed by atoms with van der Waals surface area (Å²) < 4.78 is 0. The van der Waals surface area contributed by atoms with E-state index in [2.05, 4.69) is 155 Å². The van der Waals surface area contributed by atoms with Gasteiger partial charge in [-0.1, -0.05) is 106 Å². The summed E-state index contributed by atoms with van der Waals surface area (Å²) in [6.45, 7) is 11.7. The van der Waals surface area contributed by atoms with Gasteiger partial charge in [-0.3, -0.25) is 0 Å². The Balaban J connectivity index is 1.44. The summed E-state index contributed by atoms with van der Waals surface area (Å²) >= 11 is 0. The number of anilines is 3. The van der Waals surface area contributed by atoms with Gasteiger partial charge in [0.05, 0.1) is 11.6 Å². The summed E-state index contributed by atoms with van der Waals surface area (Å²) in [5.74, 6) is 1.91. The van der Waals surface area contributed by atoms with Crippen molar-refractivity contribution in [3.05, 3.63) is 149 Å². The molecule has 0 saturated heterocycles. The minimum Gasteiger partial charge on any atom is -0.310 e. The molecule has 4 atom stereocenters. The van der Waals surface area contributed by atoms with Crippen molar-refractivity contribution in [3.8, 4) is 28.3 Å². The number of benzene rings is 5. The van der Waals surface area contributed by atoms with Crippen LogP contribution in [0.4, 0.5) is 17.1 Å². The number of rotatable bonds is 4. The van der Waals surface area contributed by atoms with Gasteiger partial charge in [-0.25, -0.2) is 0 Å². The quantitative estimate of drug-likeness (QED) is 0.186. The molecule has 0 heterocycles. The van der Waals surface area contributed by atoms with Crippen LogP contribution in [-0.2, 0) is 10.8 Å². The van der Waals surface area contributed by atoms with Gasteiger partial charge < -0.3 is 4.90 Å². The molecule has 1 fully saturated rings. The van der Waals surface area contributed by atoms with Crippen LogP contribution in [0.5, 0.6) is 0 Å². The number of nitriles is 1. The Labute approximate surface area is 286 Å². The maximum atomic E-state index is 9.66. The van der Waals surface area contributed by atoms with Crippen LogP contribution in [0, 0.1) is 29.1 Å². The fourth-order valence-corrected chi connectivity index (χ4v) is 9.20. The third kappa shape index (κ3) is 4.83. The monoisotopic (exact) mass is 624 g/mol. The molecule has 0 amide bonds. The molecule has 238 valence electrons. The van der Waals surface area contributed by atoms with E-state index in [1.165, 1.54) is 52.6 Å². The van der Waals surface area contributed by atoms with Crippen LogP contribution in [0.3, 0.4) is 0 Å². The van der Waals surface area contributed by atoms with E-state index >= 15 is 0 Å². The molecule has 0 radical (unpaired) electrons. The lowest BCUT2D eigenvalue weighted by atomic mass is 9.55. The molecule has 4 unspecified atom stereocenters. The van der Waals surface area contributed by atoms with Crippen LogP contribution in [0.1, 0.15) is 76.1 Å². The van der Waals surface area contributed by atoms with Crippen molar-refractivity contribution in [1.82, 2.24) is 0 Å². The van der Waals surface area contributed by atoms with Gasteiger partial charge in [-0.2, -0.15) is 5.26 Å². The summed E-state index contributed by atoms with van der Waals surface area (Å²) in [5, 5.41) is 9.66. The molecule has 0 aliphatic heterocycles. The van der Waals surface area contributed by atoms with E-state index in [9.17, 15) is 5.26 Å². The molecule has 2 nitrogen and oxygen atoms in total. The van der Waals surface area contributed by atoms with Crippen LogP contribution in [0.25, 0.3) is 22.3 Å². The fourth-order valence-electron chi connectivity index (χ4n) is 9.20. The number of fused-ring (bicyclic) bond motifs is 8. The minimum absolute atomic E-state index is 0.0742. The Kier molecular flexibility index (Phi) is 7.22. The summed E-state index contributed by atoms with van der Waals surface area (Å²) in [7, 11) is 0. The van der Waals surface area contributed by atoms with E-state index in [0.717, 1.165) is 22.6 Å². The maximum Gasteiger partial charge on any atom is 0.0991 e. The highest BCUT2D eigenvalue weighted by Gasteiger charge is 2.52. The van der Waals surface area contributed by atoms with Gasteiger partial charge in [0.25, 0.3) is 0 Å². The number of para-hydroxylation sites is 1. The number of nitrogens with zero attached hydrogens (tertiary/aromatic N) is 2. The van der Waals surface area contributed by atoms with E-state index in [4.69, 9.17) is 0 Å². The summed E-state index contributed by atoms with van der Waals surface area (Å²) in [6, 6.07) is 44.6. The number of allylic oxidation sites excluding steroid dienone is 2. The molecule has 48 heavy (non-hydrogen) atoms. The second-order valence-electron chi connectivity index (χ2n) is 15.6. The molecule has 2 heteroatoms. The van der Waals surface area contributed by atoms with E-state index in [-0.39, 0.29) is 10.8 Å². The average Bonchev–Trinajstić information content (AvgIpc) is 3.37. The van der Waals surface area contributed by atoms with Gasteiger partial charge in [0, 0.05) is 22.5 Å². The first-order chi connectivity index (χ1) is 23.2. The van der Waals surface area contributed by atoms with Gasteiger partial charge in [0.1, 0.15) is 0 Å². The zero-order valence-corrected chi connectivity index (χ0v) is 28.8. The fraction of sp³-hybridized carbons (Fsp3) is 0.283. The van der Waals surface area contributed by atoms with Crippen molar-refractivity contribution in [2.24, 2.45) is 17.8 Å². The molecule has 2 bridgehead atoms. The maximum absolute atomic E-state index is 9.66. The molecule has 8 rings (SSSR count). The first-order valence-corrected chi connectivity index (χ1v) is 17.6. The largest absolute Gasteiger partial charge is 0.310 e. The summed E-state index contributed by atoms with van der Waals surface area (Å²) in [5.41, 5.74) is 14.8. The molecule has 1 spiro atoms.